The monoisotopic (exact) mass is 563 g/mol. The van der Waals surface area contributed by atoms with Gasteiger partial charge in [0, 0.05) is 10.9 Å². The summed E-state index contributed by atoms with van der Waals surface area (Å²) in [6, 6.07) is 20.8. The fourth-order valence-corrected chi connectivity index (χ4v) is 5.19. The molecular formula is C24H23ClFN5O4S2. The predicted octanol–water partition coefficient (Wildman–Crippen LogP) is 2.91. The van der Waals surface area contributed by atoms with Crippen molar-refractivity contribution in [2.75, 3.05) is 18.8 Å². The molecule has 3 N–H and O–H groups in total. The lowest BCUT2D eigenvalue weighted by molar-refractivity contribution is 0.461. The number of nitrogens with one attached hydrogen (secondary N) is 1. The van der Waals surface area contributed by atoms with Crippen molar-refractivity contribution >= 4 is 43.3 Å². The summed E-state index contributed by atoms with van der Waals surface area (Å²) in [6.07, 6.45) is 0. The number of nitrogens with zero attached hydrogens (tertiary/aromatic N) is 3. The van der Waals surface area contributed by atoms with Gasteiger partial charge in [-0.15, -0.1) is 0 Å². The summed E-state index contributed by atoms with van der Waals surface area (Å²) in [5, 5.41) is 11.7. The Morgan fingerprint density at radius 3 is 2.30 bits per heavy atom. The molecule has 1 heterocycles. The van der Waals surface area contributed by atoms with Crippen molar-refractivity contribution in [1.29, 1.82) is 0 Å². The van der Waals surface area contributed by atoms with Crippen LogP contribution in [0.3, 0.4) is 0 Å². The van der Waals surface area contributed by atoms with E-state index in [-0.39, 0.29) is 29.9 Å². The molecule has 1 aliphatic rings. The molecule has 0 fully saturated rings. The quantitative estimate of drug-likeness (QED) is 0.337. The van der Waals surface area contributed by atoms with Gasteiger partial charge in [-0.3, -0.25) is 0 Å². The van der Waals surface area contributed by atoms with E-state index in [0.29, 0.717) is 10.7 Å². The maximum atomic E-state index is 13.4. The third-order valence-electron chi connectivity index (χ3n) is 5.49. The fraction of sp³-hybridized carbons (Fsp3) is 0.167. The molecule has 0 aromatic heterocycles. The SMILES string of the molecule is NS(=O)(=O)CC/N=C(/NS(=O)(=O)c1ccc(F)cc1)N1C[C@H](c2ccccc2)C(c2ccc(Cl)cc2)=N1. The minimum atomic E-state index is -4.21. The number of benzene rings is 3. The van der Waals surface area contributed by atoms with Crippen molar-refractivity contribution < 1.29 is 21.2 Å². The standard InChI is InChI=1S/C24H23ClFN5O4S2/c25-19-8-6-18(7-9-19)23-22(17-4-2-1-3-5-17)16-31(29-23)24(28-14-15-36(27,32)33)30-37(34,35)21-12-10-20(26)11-13-21/h1-13,22H,14-16H2,(H,28,30)(H2,27,32,33)/t22-/m1/s1. The third kappa shape index (κ3) is 6.92. The Morgan fingerprint density at radius 1 is 1.03 bits per heavy atom. The van der Waals surface area contributed by atoms with Gasteiger partial charge < -0.3 is 0 Å². The smallest absolute Gasteiger partial charge is 0.250 e. The average Bonchev–Trinajstić information content (AvgIpc) is 3.29. The Bertz CT molecular complexity index is 1530. The molecule has 3 aromatic rings. The van der Waals surface area contributed by atoms with Crippen LogP contribution in [0.25, 0.3) is 0 Å². The molecule has 13 heteroatoms. The molecule has 1 atom stereocenters. The zero-order valence-electron chi connectivity index (χ0n) is 19.3. The van der Waals surface area contributed by atoms with Crippen molar-refractivity contribution in [2.24, 2.45) is 15.2 Å². The van der Waals surface area contributed by atoms with E-state index >= 15 is 0 Å². The molecule has 9 nitrogen and oxygen atoms in total. The third-order valence-corrected chi connectivity index (χ3v) is 7.84. The second-order valence-electron chi connectivity index (χ2n) is 8.17. The number of halogens is 2. The molecule has 0 amide bonds. The number of hydrogen-bond donors (Lipinski definition) is 2. The number of hydrazone groups is 1. The van der Waals surface area contributed by atoms with Crippen LogP contribution in [0, 0.1) is 5.82 Å². The summed E-state index contributed by atoms with van der Waals surface area (Å²) >= 11 is 6.06. The number of aliphatic imine (C=N–C) groups is 1. The molecule has 1 aliphatic heterocycles. The molecular weight excluding hydrogens is 541 g/mol. The van der Waals surface area contributed by atoms with Crippen molar-refractivity contribution in [3.8, 4) is 0 Å². The first-order valence-electron chi connectivity index (χ1n) is 11.0. The highest BCUT2D eigenvalue weighted by Crippen LogP contribution is 2.29. The van der Waals surface area contributed by atoms with E-state index in [2.05, 4.69) is 14.8 Å². The summed E-state index contributed by atoms with van der Waals surface area (Å²) in [4.78, 5) is 3.98. The zero-order valence-corrected chi connectivity index (χ0v) is 21.7. The van der Waals surface area contributed by atoms with Crippen LogP contribution >= 0.6 is 11.6 Å². The lowest BCUT2D eigenvalue weighted by Crippen LogP contribution is -2.41. The van der Waals surface area contributed by atoms with E-state index in [9.17, 15) is 21.2 Å². The number of guanidine groups is 1. The molecule has 0 bridgehead atoms. The van der Waals surface area contributed by atoms with Gasteiger partial charge in [-0.25, -0.2) is 41.1 Å². The first kappa shape index (κ1) is 26.7. The second-order valence-corrected chi connectivity index (χ2v) is 12.0. The van der Waals surface area contributed by atoms with E-state index < -0.39 is 31.6 Å². The summed E-state index contributed by atoms with van der Waals surface area (Å²) in [5.41, 5.74) is 2.35. The second kappa shape index (κ2) is 11.0. The Balaban J connectivity index is 1.73. The topological polar surface area (TPSA) is 134 Å². The van der Waals surface area contributed by atoms with Crippen LogP contribution in [-0.4, -0.2) is 52.4 Å². The minimum Gasteiger partial charge on any atom is -0.250 e. The maximum absolute atomic E-state index is 13.4. The van der Waals surface area contributed by atoms with Gasteiger partial charge in [-0.05, 0) is 47.5 Å². The molecule has 0 spiro atoms. The Morgan fingerprint density at radius 2 is 1.68 bits per heavy atom. The highest BCUT2D eigenvalue weighted by Gasteiger charge is 2.33. The van der Waals surface area contributed by atoms with Crippen LogP contribution in [0.2, 0.25) is 5.02 Å². The van der Waals surface area contributed by atoms with Crippen molar-refractivity contribution in [2.45, 2.75) is 10.8 Å². The van der Waals surface area contributed by atoms with E-state index in [1.807, 2.05) is 30.3 Å². The molecule has 0 saturated heterocycles. The summed E-state index contributed by atoms with van der Waals surface area (Å²) in [5.74, 6) is -1.55. The largest absolute Gasteiger partial charge is 0.264 e. The van der Waals surface area contributed by atoms with E-state index in [4.69, 9.17) is 16.7 Å². The van der Waals surface area contributed by atoms with Gasteiger partial charge >= 0.3 is 0 Å². The van der Waals surface area contributed by atoms with Crippen molar-refractivity contribution in [1.82, 2.24) is 9.73 Å². The first-order chi connectivity index (χ1) is 17.5. The number of primary sulfonamides is 1. The van der Waals surface area contributed by atoms with Gasteiger partial charge in [0.1, 0.15) is 5.82 Å². The first-order valence-corrected chi connectivity index (χ1v) is 14.6. The van der Waals surface area contributed by atoms with Crippen LogP contribution in [0.1, 0.15) is 17.0 Å². The molecule has 3 aromatic carbocycles. The molecule has 4 rings (SSSR count). The Labute approximate surface area is 219 Å². The van der Waals surface area contributed by atoms with Crippen LogP contribution in [0.15, 0.2) is 93.9 Å². The summed E-state index contributed by atoms with van der Waals surface area (Å²) in [6.45, 7) is -0.0967. The fourth-order valence-electron chi connectivity index (χ4n) is 3.70. The summed E-state index contributed by atoms with van der Waals surface area (Å²) < 4.78 is 64.8. The van der Waals surface area contributed by atoms with E-state index in [1.165, 1.54) is 5.01 Å². The Kier molecular flexibility index (Phi) is 7.93. The molecule has 0 unspecified atom stereocenters. The maximum Gasteiger partial charge on any atom is 0.264 e. The highest BCUT2D eigenvalue weighted by molar-refractivity contribution is 7.90. The highest BCUT2D eigenvalue weighted by atomic mass is 35.5. The number of sulfonamides is 2. The molecule has 0 radical (unpaired) electrons. The van der Waals surface area contributed by atoms with Crippen molar-refractivity contribution in [3.63, 3.8) is 0 Å². The van der Waals surface area contributed by atoms with Gasteiger partial charge in [0.2, 0.25) is 16.0 Å². The van der Waals surface area contributed by atoms with E-state index in [1.54, 1.807) is 24.3 Å². The molecule has 37 heavy (non-hydrogen) atoms. The van der Waals surface area contributed by atoms with Crippen LogP contribution in [-0.2, 0) is 20.0 Å². The number of rotatable bonds is 7. The molecule has 194 valence electrons. The van der Waals surface area contributed by atoms with Gasteiger partial charge in [0.15, 0.2) is 0 Å². The molecule has 0 aliphatic carbocycles. The van der Waals surface area contributed by atoms with Gasteiger partial charge in [0.05, 0.1) is 29.4 Å². The molecule has 0 saturated carbocycles. The number of hydrogen-bond acceptors (Lipinski definition) is 6. The minimum absolute atomic E-state index is 0.196. The van der Waals surface area contributed by atoms with Gasteiger partial charge in [0.25, 0.3) is 10.0 Å². The zero-order chi connectivity index (χ0) is 26.6. The van der Waals surface area contributed by atoms with E-state index in [0.717, 1.165) is 35.4 Å². The lowest BCUT2D eigenvalue weighted by atomic mass is 9.91. The van der Waals surface area contributed by atoms with Gasteiger partial charge in [-0.2, -0.15) is 5.10 Å². The summed E-state index contributed by atoms with van der Waals surface area (Å²) in [7, 11) is -8.05. The van der Waals surface area contributed by atoms with Crippen LogP contribution in [0.4, 0.5) is 4.39 Å². The van der Waals surface area contributed by atoms with Crippen LogP contribution in [0.5, 0.6) is 0 Å². The van der Waals surface area contributed by atoms with Gasteiger partial charge in [-0.1, -0.05) is 54.1 Å². The average molecular weight is 564 g/mol. The lowest BCUT2D eigenvalue weighted by Gasteiger charge is -2.20. The number of nitrogens with two attached hydrogens (primary N) is 1. The predicted molar refractivity (Wildman–Crippen MR) is 141 cm³/mol. The Hall–Kier alpha value is -3.32. The normalized spacial score (nSPS) is 16.5. The van der Waals surface area contributed by atoms with Crippen molar-refractivity contribution in [3.05, 3.63) is 101 Å². The van der Waals surface area contributed by atoms with Crippen LogP contribution < -0.4 is 9.86 Å².